The quantitative estimate of drug-likeness (QED) is 0.688. The summed E-state index contributed by atoms with van der Waals surface area (Å²) in [7, 11) is 1.86. The van der Waals surface area contributed by atoms with Crippen LogP contribution in [-0.2, 0) is 6.54 Å². The lowest BCUT2D eigenvalue weighted by Gasteiger charge is -2.62. The zero-order valence-electron chi connectivity index (χ0n) is 15.3. The predicted octanol–water partition coefficient (Wildman–Crippen LogP) is 3.19. The average molecular weight is 317 g/mol. The van der Waals surface area contributed by atoms with E-state index in [1.807, 2.05) is 7.05 Å². The molecule has 23 heavy (non-hydrogen) atoms. The minimum absolute atomic E-state index is 0.123. The second-order valence-corrected chi connectivity index (χ2v) is 8.16. The maximum atomic E-state index is 4.75. The summed E-state index contributed by atoms with van der Waals surface area (Å²) in [5, 5.41) is 8.23. The first-order valence-electron chi connectivity index (χ1n) is 8.87. The Morgan fingerprint density at radius 1 is 1.30 bits per heavy atom. The van der Waals surface area contributed by atoms with Gasteiger partial charge < -0.3 is 10.2 Å². The fraction of sp³-hybridized carbons (Fsp3) is 0.778. The van der Waals surface area contributed by atoms with Gasteiger partial charge in [-0.25, -0.2) is 0 Å². The van der Waals surface area contributed by atoms with Gasteiger partial charge in [-0.05, 0) is 32.8 Å². The highest BCUT2D eigenvalue weighted by Gasteiger charge is 2.53. The van der Waals surface area contributed by atoms with E-state index in [0.717, 1.165) is 24.7 Å². The summed E-state index contributed by atoms with van der Waals surface area (Å²) in [4.78, 5) is 6.83. The van der Waals surface area contributed by atoms with Crippen LogP contribution in [0, 0.1) is 5.41 Å². The van der Waals surface area contributed by atoms with Crippen molar-refractivity contribution in [1.29, 1.82) is 0 Å². The van der Waals surface area contributed by atoms with Gasteiger partial charge in [0.2, 0.25) is 0 Å². The predicted molar refractivity (Wildman–Crippen MR) is 94.5 cm³/mol. The smallest absolute Gasteiger partial charge is 0.194 e. The van der Waals surface area contributed by atoms with Crippen LogP contribution in [0.4, 0.5) is 0 Å². The minimum atomic E-state index is 0.123. The van der Waals surface area contributed by atoms with Crippen molar-refractivity contribution in [3.05, 3.63) is 18.0 Å². The van der Waals surface area contributed by atoms with E-state index in [1.165, 1.54) is 25.7 Å². The number of hydrogen-bond donors (Lipinski definition) is 1. The number of likely N-dealkylation sites (tertiary alicyclic amines) is 1. The summed E-state index contributed by atoms with van der Waals surface area (Å²) in [6.45, 7) is 11.0. The lowest BCUT2D eigenvalue weighted by Crippen LogP contribution is -2.72. The van der Waals surface area contributed by atoms with E-state index < -0.39 is 0 Å². The van der Waals surface area contributed by atoms with Crippen molar-refractivity contribution in [2.75, 3.05) is 13.6 Å². The molecule has 0 amide bonds. The summed E-state index contributed by atoms with van der Waals surface area (Å²) in [5.41, 5.74) is 1.53. The van der Waals surface area contributed by atoms with Gasteiger partial charge in [-0.2, -0.15) is 5.10 Å². The van der Waals surface area contributed by atoms with Gasteiger partial charge >= 0.3 is 0 Å². The molecule has 1 N–H and O–H groups in total. The number of guanidine groups is 1. The van der Waals surface area contributed by atoms with Crippen LogP contribution >= 0.6 is 0 Å². The molecule has 0 radical (unpaired) electrons. The van der Waals surface area contributed by atoms with Crippen molar-refractivity contribution in [3.63, 3.8) is 0 Å². The number of aliphatic imine (C=N–C) groups is 1. The first-order chi connectivity index (χ1) is 10.8. The van der Waals surface area contributed by atoms with E-state index in [9.17, 15) is 0 Å². The fourth-order valence-electron chi connectivity index (χ4n) is 3.71. The average Bonchev–Trinajstić information content (AvgIpc) is 3.17. The van der Waals surface area contributed by atoms with Gasteiger partial charge in [-0.3, -0.25) is 9.67 Å². The molecule has 3 rings (SSSR count). The first kappa shape index (κ1) is 16.3. The van der Waals surface area contributed by atoms with Gasteiger partial charge in [0.1, 0.15) is 0 Å². The van der Waals surface area contributed by atoms with E-state index in [2.05, 4.69) is 59.8 Å². The third kappa shape index (κ3) is 2.86. The Kier molecular flexibility index (Phi) is 4.15. The molecule has 0 bridgehead atoms. The number of nitrogens with one attached hydrogen (secondary N) is 1. The molecule has 5 nitrogen and oxygen atoms in total. The molecule has 0 unspecified atom stereocenters. The third-order valence-electron chi connectivity index (χ3n) is 6.14. The Bertz CT molecular complexity index is 578. The minimum Gasteiger partial charge on any atom is -0.351 e. The Labute approximate surface area is 140 Å². The van der Waals surface area contributed by atoms with E-state index in [-0.39, 0.29) is 5.54 Å². The van der Waals surface area contributed by atoms with Crippen LogP contribution < -0.4 is 5.32 Å². The van der Waals surface area contributed by atoms with Gasteiger partial charge in [-0.1, -0.05) is 26.7 Å². The zero-order valence-corrected chi connectivity index (χ0v) is 15.3. The van der Waals surface area contributed by atoms with Gasteiger partial charge in [0.25, 0.3) is 0 Å². The summed E-state index contributed by atoms with van der Waals surface area (Å²) in [6.07, 6.45) is 7.35. The molecule has 128 valence electrons. The Morgan fingerprint density at radius 3 is 2.57 bits per heavy atom. The number of hydrogen-bond acceptors (Lipinski definition) is 2. The number of aromatic nitrogens is 2. The third-order valence-corrected chi connectivity index (χ3v) is 6.14. The Balaban J connectivity index is 1.59. The highest BCUT2D eigenvalue weighted by atomic mass is 15.4. The van der Waals surface area contributed by atoms with Crippen LogP contribution in [0.5, 0.6) is 0 Å². The van der Waals surface area contributed by atoms with E-state index in [0.29, 0.717) is 11.5 Å². The number of rotatable bonds is 3. The molecule has 2 heterocycles. The monoisotopic (exact) mass is 317 g/mol. The molecule has 1 aromatic heterocycles. The van der Waals surface area contributed by atoms with Crippen molar-refractivity contribution in [2.24, 2.45) is 10.4 Å². The molecule has 1 saturated carbocycles. The van der Waals surface area contributed by atoms with Crippen LogP contribution in [0.2, 0.25) is 0 Å². The van der Waals surface area contributed by atoms with Crippen molar-refractivity contribution in [2.45, 2.75) is 71.5 Å². The topological polar surface area (TPSA) is 45.5 Å². The molecule has 2 aliphatic rings. The van der Waals surface area contributed by atoms with Crippen LogP contribution in [0.1, 0.15) is 65.1 Å². The molecule has 1 aromatic rings. The Morgan fingerprint density at radius 2 is 2.00 bits per heavy atom. The van der Waals surface area contributed by atoms with Crippen LogP contribution in [-0.4, -0.2) is 39.8 Å². The molecule has 1 saturated heterocycles. The van der Waals surface area contributed by atoms with Gasteiger partial charge in [0.15, 0.2) is 5.96 Å². The van der Waals surface area contributed by atoms with E-state index in [1.54, 1.807) is 0 Å². The standard InChI is InChI=1S/C18H31N5/c1-17(2)13-22(18(17,3)4)16(19-5)20-12-14-10-11-23(21-14)15-8-6-7-9-15/h10-11,15H,6-9,12-13H2,1-5H3,(H,19,20). The number of nitrogens with zero attached hydrogens (tertiary/aromatic N) is 4. The van der Waals surface area contributed by atoms with E-state index in [4.69, 9.17) is 5.10 Å². The molecule has 0 spiro atoms. The molecule has 0 atom stereocenters. The SMILES string of the molecule is CN=C(NCc1ccn(C2CCCC2)n1)N1CC(C)(C)C1(C)C. The fourth-order valence-corrected chi connectivity index (χ4v) is 3.71. The molecule has 1 aliphatic carbocycles. The highest BCUT2D eigenvalue weighted by molar-refractivity contribution is 5.81. The molecule has 1 aliphatic heterocycles. The maximum Gasteiger partial charge on any atom is 0.194 e. The largest absolute Gasteiger partial charge is 0.351 e. The van der Waals surface area contributed by atoms with Crippen molar-refractivity contribution >= 4 is 5.96 Å². The zero-order chi connectivity index (χ0) is 16.7. The van der Waals surface area contributed by atoms with Crippen molar-refractivity contribution in [1.82, 2.24) is 20.0 Å². The lowest BCUT2D eigenvalue weighted by atomic mass is 9.65. The Hall–Kier alpha value is -1.52. The lowest BCUT2D eigenvalue weighted by molar-refractivity contribution is -0.0668. The van der Waals surface area contributed by atoms with Crippen LogP contribution in [0.25, 0.3) is 0 Å². The summed E-state index contributed by atoms with van der Waals surface area (Å²) < 4.78 is 2.16. The normalized spacial score (nSPS) is 23.9. The highest BCUT2D eigenvalue weighted by Crippen LogP contribution is 2.46. The first-order valence-corrected chi connectivity index (χ1v) is 8.87. The molecule has 0 aromatic carbocycles. The van der Waals surface area contributed by atoms with Gasteiger partial charge in [0, 0.05) is 30.7 Å². The van der Waals surface area contributed by atoms with Gasteiger partial charge in [-0.15, -0.1) is 0 Å². The van der Waals surface area contributed by atoms with Crippen LogP contribution in [0.3, 0.4) is 0 Å². The second-order valence-electron chi connectivity index (χ2n) is 8.16. The molecule has 5 heteroatoms. The summed E-state index contributed by atoms with van der Waals surface area (Å²) in [6, 6.07) is 2.74. The summed E-state index contributed by atoms with van der Waals surface area (Å²) in [5.74, 6) is 0.977. The molecule has 2 fully saturated rings. The van der Waals surface area contributed by atoms with Crippen LogP contribution in [0.15, 0.2) is 17.3 Å². The van der Waals surface area contributed by atoms with E-state index >= 15 is 0 Å². The van der Waals surface area contributed by atoms with Gasteiger partial charge in [0.05, 0.1) is 18.3 Å². The molecular formula is C18H31N5. The second kappa shape index (κ2) is 5.84. The molecular weight excluding hydrogens is 286 g/mol. The maximum absolute atomic E-state index is 4.75. The summed E-state index contributed by atoms with van der Waals surface area (Å²) >= 11 is 0. The van der Waals surface area contributed by atoms with Crippen molar-refractivity contribution in [3.8, 4) is 0 Å². The van der Waals surface area contributed by atoms with Crippen molar-refractivity contribution < 1.29 is 0 Å².